The van der Waals surface area contributed by atoms with Gasteiger partial charge in [0.2, 0.25) is 0 Å². The van der Waals surface area contributed by atoms with Gasteiger partial charge >= 0.3 is 0 Å². The number of carbonyl (C=O) groups excluding carboxylic acids is 1. The molecule has 6 heteroatoms. The molecule has 2 aromatic rings. The molecule has 1 aliphatic heterocycles. The van der Waals surface area contributed by atoms with Crippen LogP contribution in [0.1, 0.15) is 16.1 Å². The molecule has 1 saturated heterocycles. The van der Waals surface area contributed by atoms with Crippen molar-refractivity contribution in [2.75, 3.05) is 19.7 Å². The molecule has 0 aliphatic carbocycles. The molecule has 1 atom stereocenters. The maximum atomic E-state index is 13.3. The van der Waals surface area contributed by atoms with E-state index in [-0.39, 0.29) is 17.8 Å². The molecule has 0 unspecified atom stereocenters. The van der Waals surface area contributed by atoms with E-state index in [1.165, 1.54) is 18.3 Å². The van der Waals surface area contributed by atoms with Crippen LogP contribution >= 0.6 is 11.6 Å². The quantitative estimate of drug-likeness (QED) is 0.866. The maximum Gasteiger partial charge on any atom is 0.272 e. The van der Waals surface area contributed by atoms with Crippen LogP contribution in [0.25, 0.3) is 0 Å². The fourth-order valence-electron chi connectivity index (χ4n) is 2.62. The Labute approximate surface area is 138 Å². The zero-order valence-electron chi connectivity index (χ0n) is 12.4. The molecular formula is C17H16ClFN2O2. The summed E-state index contributed by atoms with van der Waals surface area (Å²) in [7, 11) is 0. The molecule has 0 radical (unpaired) electrons. The maximum absolute atomic E-state index is 13.3. The Balaban J connectivity index is 1.66. The third kappa shape index (κ3) is 4.06. The van der Waals surface area contributed by atoms with E-state index in [0.717, 1.165) is 5.56 Å². The molecule has 1 aliphatic rings. The second kappa shape index (κ2) is 7.06. The number of benzene rings is 1. The highest BCUT2D eigenvalue weighted by Gasteiger charge is 2.25. The number of carbonyl (C=O) groups is 1. The largest absolute Gasteiger partial charge is 0.374 e. The third-order valence-electron chi connectivity index (χ3n) is 3.72. The standard InChI is InChI=1S/C17H16ClFN2O2/c18-13-4-5-16(20-10-13)17(22)21-6-7-23-15(11-21)9-12-2-1-3-14(19)8-12/h1-5,8,10,15H,6-7,9,11H2/t15-/m1/s1. The van der Waals surface area contributed by atoms with E-state index in [1.807, 2.05) is 6.07 Å². The number of pyridine rings is 1. The van der Waals surface area contributed by atoms with Gasteiger partial charge in [0.15, 0.2) is 0 Å². The van der Waals surface area contributed by atoms with Gasteiger partial charge in [-0.2, -0.15) is 0 Å². The van der Waals surface area contributed by atoms with Crippen molar-refractivity contribution in [3.05, 3.63) is 64.7 Å². The minimum absolute atomic E-state index is 0.144. The molecule has 23 heavy (non-hydrogen) atoms. The van der Waals surface area contributed by atoms with Crippen LogP contribution in [0.15, 0.2) is 42.6 Å². The predicted molar refractivity (Wildman–Crippen MR) is 85.0 cm³/mol. The van der Waals surface area contributed by atoms with Crippen molar-refractivity contribution in [2.45, 2.75) is 12.5 Å². The van der Waals surface area contributed by atoms with E-state index in [0.29, 0.717) is 36.8 Å². The van der Waals surface area contributed by atoms with Crippen LogP contribution in [0.4, 0.5) is 4.39 Å². The Morgan fingerprint density at radius 2 is 2.26 bits per heavy atom. The van der Waals surface area contributed by atoms with E-state index < -0.39 is 0 Å². The molecule has 0 saturated carbocycles. The van der Waals surface area contributed by atoms with Gasteiger partial charge in [-0.15, -0.1) is 0 Å². The first-order chi connectivity index (χ1) is 11.1. The number of ether oxygens (including phenoxy) is 1. The minimum Gasteiger partial charge on any atom is -0.374 e. The topological polar surface area (TPSA) is 42.4 Å². The zero-order valence-corrected chi connectivity index (χ0v) is 13.2. The average Bonchev–Trinajstić information content (AvgIpc) is 2.55. The van der Waals surface area contributed by atoms with Gasteiger partial charge in [0.05, 0.1) is 17.7 Å². The summed E-state index contributed by atoms with van der Waals surface area (Å²) in [5.74, 6) is -0.411. The van der Waals surface area contributed by atoms with Gasteiger partial charge in [0.1, 0.15) is 11.5 Å². The highest BCUT2D eigenvalue weighted by molar-refractivity contribution is 6.30. The summed E-state index contributed by atoms with van der Waals surface area (Å²) < 4.78 is 19.0. The smallest absolute Gasteiger partial charge is 0.272 e. The molecule has 0 spiro atoms. The van der Waals surface area contributed by atoms with Gasteiger partial charge < -0.3 is 9.64 Å². The molecular weight excluding hydrogens is 319 g/mol. The number of rotatable bonds is 3. The second-order valence-electron chi connectivity index (χ2n) is 5.44. The second-order valence-corrected chi connectivity index (χ2v) is 5.88. The summed E-state index contributed by atoms with van der Waals surface area (Å²) >= 11 is 5.79. The molecule has 3 rings (SSSR count). The lowest BCUT2D eigenvalue weighted by Gasteiger charge is -2.33. The third-order valence-corrected chi connectivity index (χ3v) is 3.95. The molecule has 1 fully saturated rings. The van der Waals surface area contributed by atoms with Gasteiger partial charge in [-0.1, -0.05) is 23.7 Å². The summed E-state index contributed by atoms with van der Waals surface area (Å²) in [5, 5.41) is 0.493. The van der Waals surface area contributed by atoms with Crippen molar-refractivity contribution in [2.24, 2.45) is 0 Å². The lowest BCUT2D eigenvalue weighted by Crippen LogP contribution is -2.46. The molecule has 0 bridgehead atoms. The molecule has 2 heterocycles. The number of halogens is 2. The van der Waals surface area contributed by atoms with Crippen molar-refractivity contribution in [3.8, 4) is 0 Å². The van der Waals surface area contributed by atoms with Crippen LogP contribution in [0.5, 0.6) is 0 Å². The van der Waals surface area contributed by atoms with Crippen molar-refractivity contribution >= 4 is 17.5 Å². The minimum atomic E-state index is -0.267. The molecule has 0 N–H and O–H groups in total. The van der Waals surface area contributed by atoms with Crippen LogP contribution < -0.4 is 0 Å². The van der Waals surface area contributed by atoms with E-state index in [4.69, 9.17) is 16.3 Å². The van der Waals surface area contributed by atoms with Crippen LogP contribution in [0.2, 0.25) is 5.02 Å². The Bertz CT molecular complexity index is 693. The first kappa shape index (κ1) is 15.9. The number of morpholine rings is 1. The van der Waals surface area contributed by atoms with Gasteiger partial charge in [0.25, 0.3) is 5.91 Å². The first-order valence-corrected chi connectivity index (χ1v) is 7.76. The highest BCUT2D eigenvalue weighted by Crippen LogP contribution is 2.15. The number of hydrogen-bond acceptors (Lipinski definition) is 3. The van der Waals surface area contributed by atoms with Crippen LogP contribution in [-0.2, 0) is 11.2 Å². The Kier molecular flexibility index (Phi) is 4.88. The van der Waals surface area contributed by atoms with Crippen molar-refractivity contribution < 1.29 is 13.9 Å². The van der Waals surface area contributed by atoms with Gasteiger partial charge in [0, 0.05) is 25.7 Å². The fourth-order valence-corrected chi connectivity index (χ4v) is 2.73. The summed E-state index contributed by atoms with van der Waals surface area (Å²) in [4.78, 5) is 18.2. The van der Waals surface area contributed by atoms with E-state index in [1.54, 1.807) is 23.1 Å². The number of amides is 1. The molecule has 1 amide bonds. The lowest BCUT2D eigenvalue weighted by atomic mass is 10.1. The summed E-state index contributed by atoms with van der Waals surface area (Å²) in [6.45, 7) is 1.43. The van der Waals surface area contributed by atoms with Gasteiger partial charge in [-0.3, -0.25) is 4.79 Å². The molecule has 1 aromatic heterocycles. The van der Waals surface area contributed by atoms with Crippen molar-refractivity contribution in [1.29, 1.82) is 0 Å². The van der Waals surface area contributed by atoms with Crippen molar-refractivity contribution in [3.63, 3.8) is 0 Å². The number of hydrogen-bond donors (Lipinski definition) is 0. The molecule has 4 nitrogen and oxygen atoms in total. The van der Waals surface area contributed by atoms with Crippen LogP contribution in [0.3, 0.4) is 0 Å². The number of aromatic nitrogens is 1. The van der Waals surface area contributed by atoms with Gasteiger partial charge in [-0.25, -0.2) is 9.37 Å². The van der Waals surface area contributed by atoms with E-state index in [2.05, 4.69) is 4.98 Å². The zero-order chi connectivity index (χ0) is 16.2. The fraction of sp³-hybridized carbons (Fsp3) is 0.294. The van der Waals surface area contributed by atoms with Crippen LogP contribution in [-0.4, -0.2) is 41.6 Å². The highest BCUT2D eigenvalue weighted by atomic mass is 35.5. The van der Waals surface area contributed by atoms with Gasteiger partial charge in [-0.05, 0) is 29.8 Å². The summed E-state index contributed by atoms with van der Waals surface area (Å²) in [6, 6.07) is 9.69. The Hall–Kier alpha value is -1.98. The van der Waals surface area contributed by atoms with Crippen LogP contribution in [0, 0.1) is 5.82 Å². The average molecular weight is 335 g/mol. The van der Waals surface area contributed by atoms with Crippen molar-refractivity contribution in [1.82, 2.24) is 9.88 Å². The Morgan fingerprint density at radius 1 is 1.39 bits per heavy atom. The molecule has 120 valence electrons. The summed E-state index contributed by atoms with van der Waals surface area (Å²) in [5.41, 5.74) is 1.22. The SMILES string of the molecule is O=C(c1ccc(Cl)cn1)N1CCO[C@H](Cc2cccc(F)c2)C1. The molecule has 1 aromatic carbocycles. The first-order valence-electron chi connectivity index (χ1n) is 7.39. The lowest BCUT2D eigenvalue weighted by molar-refractivity contribution is -0.0210. The van der Waals surface area contributed by atoms with E-state index in [9.17, 15) is 9.18 Å². The van der Waals surface area contributed by atoms with E-state index >= 15 is 0 Å². The number of nitrogens with zero attached hydrogens (tertiary/aromatic N) is 2. The monoisotopic (exact) mass is 334 g/mol. The Morgan fingerprint density at radius 3 is 3.00 bits per heavy atom. The summed E-state index contributed by atoms with van der Waals surface area (Å²) in [6.07, 6.45) is 1.87. The predicted octanol–water partition coefficient (Wildman–Crippen LogP) is 2.96. The normalized spacial score (nSPS) is 18.0.